The van der Waals surface area contributed by atoms with Crippen molar-refractivity contribution in [3.63, 3.8) is 0 Å². The van der Waals surface area contributed by atoms with Crippen molar-refractivity contribution in [2.24, 2.45) is 11.7 Å². The minimum atomic E-state index is -0.407. The van der Waals surface area contributed by atoms with Crippen molar-refractivity contribution in [1.82, 2.24) is 5.01 Å². The highest BCUT2D eigenvalue weighted by Crippen LogP contribution is 2.29. The zero-order chi connectivity index (χ0) is 18.1. The van der Waals surface area contributed by atoms with Gasteiger partial charge in [0.2, 0.25) is 6.41 Å². The molecule has 0 saturated heterocycles. The van der Waals surface area contributed by atoms with E-state index in [-0.39, 0.29) is 0 Å². The van der Waals surface area contributed by atoms with Crippen LogP contribution < -0.4 is 21.4 Å². The monoisotopic (exact) mass is 336 g/mol. The van der Waals surface area contributed by atoms with Gasteiger partial charge in [0.1, 0.15) is 17.8 Å². The SMILES string of the molecule is CN(N)C=O.COc1cccc(N(C)N)c1/C=C/c1cc(F)co1. The summed E-state index contributed by atoms with van der Waals surface area (Å²) < 4.78 is 23.1. The number of carbonyl (C=O) groups excluding carboxylic acids is 1. The maximum Gasteiger partial charge on any atom is 0.223 e. The van der Waals surface area contributed by atoms with E-state index in [2.05, 4.69) is 0 Å². The highest BCUT2D eigenvalue weighted by molar-refractivity contribution is 5.79. The fraction of sp³-hybridized carbons (Fsp3) is 0.188. The minimum Gasteiger partial charge on any atom is -0.496 e. The molecule has 0 fully saturated rings. The number of benzene rings is 1. The van der Waals surface area contributed by atoms with Crippen LogP contribution in [0.1, 0.15) is 11.3 Å². The summed E-state index contributed by atoms with van der Waals surface area (Å²) in [4.78, 5) is 9.31. The van der Waals surface area contributed by atoms with E-state index in [0.717, 1.165) is 22.5 Å². The average Bonchev–Trinajstić information content (AvgIpc) is 2.98. The number of hydrogen-bond acceptors (Lipinski definition) is 6. The van der Waals surface area contributed by atoms with E-state index < -0.39 is 5.82 Å². The van der Waals surface area contributed by atoms with Crippen molar-refractivity contribution in [2.75, 3.05) is 26.2 Å². The second-order valence-corrected chi connectivity index (χ2v) is 4.78. The molecule has 1 amide bonds. The average molecular weight is 336 g/mol. The molecule has 8 heteroatoms. The van der Waals surface area contributed by atoms with Gasteiger partial charge in [-0.3, -0.25) is 9.80 Å². The van der Waals surface area contributed by atoms with Crippen molar-refractivity contribution in [1.29, 1.82) is 0 Å². The van der Waals surface area contributed by atoms with Crippen LogP contribution in [0, 0.1) is 5.82 Å². The van der Waals surface area contributed by atoms with Crippen LogP contribution >= 0.6 is 0 Å². The van der Waals surface area contributed by atoms with Crippen LogP contribution in [0.5, 0.6) is 5.75 Å². The second-order valence-electron chi connectivity index (χ2n) is 4.78. The number of amides is 1. The number of halogens is 1. The molecule has 0 aliphatic rings. The third-order valence-electron chi connectivity index (χ3n) is 2.81. The smallest absolute Gasteiger partial charge is 0.223 e. The summed E-state index contributed by atoms with van der Waals surface area (Å²) in [7, 11) is 4.78. The first kappa shape index (κ1) is 19.2. The normalized spacial score (nSPS) is 10.1. The van der Waals surface area contributed by atoms with Crippen LogP contribution in [0.4, 0.5) is 10.1 Å². The molecule has 1 aromatic heterocycles. The summed E-state index contributed by atoms with van der Waals surface area (Å²) in [6, 6.07) is 6.85. The minimum absolute atomic E-state index is 0.407. The Morgan fingerprint density at radius 3 is 2.38 bits per heavy atom. The van der Waals surface area contributed by atoms with E-state index in [0.29, 0.717) is 17.9 Å². The number of rotatable bonds is 5. The van der Waals surface area contributed by atoms with Crippen LogP contribution in [0.2, 0.25) is 0 Å². The van der Waals surface area contributed by atoms with Gasteiger partial charge in [-0.1, -0.05) is 6.07 Å². The number of ether oxygens (including phenoxy) is 1. The van der Waals surface area contributed by atoms with Gasteiger partial charge in [0.25, 0.3) is 0 Å². The second kappa shape index (κ2) is 9.33. The van der Waals surface area contributed by atoms with Crippen LogP contribution in [0.3, 0.4) is 0 Å². The number of nitrogens with two attached hydrogens (primary N) is 2. The number of anilines is 1. The van der Waals surface area contributed by atoms with Gasteiger partial charge in [-0.05, 0) is 24.3 Å². The van der Waals surface area contributed by atoms with Crippen molar-refractivity contribution in [2.45, 2.75) is 0 Å². The molecule has 0 unspecified atom stereocenters. The fourth-order valence-electron chi connectivity index (χ4n) is 1.77. The van der Waals surface area contributed by atoms with Crippen LogP contribution in [0.25, 0.3) is 12.2 Å². The Morgan fingerprint density at radius 1 is 1.25 bits per heavy atom. The quantitative estimate of drug-likeness (QED) is 0.374. The third kappa shape index (κ3) is 5.75. The topological polar surface area (TPSA) is 98.0 Å². The molecule has 0 saturated carbocycles. The van der Waals surface area contributed by atoms with Gasteiger partial charge in [0.05, 0.1) is 12.8 Å². The number of methoxy groups -OCH3 is 1. The molecule has 24 heavy (non-hydrogen) atoms. The summed E-state index contributed by atoms with van der Waals surface area (Å²) in [5, 5.41) is 2.44. The Morgan fingerprint density at radius 2 is 1.92 bits per heavy atom. The van der Waals surface area contributed by atoms with E-state index in [1.165, 1.54) is 18.1 Å². The molecular formula is C16H21FN4O3. The molecule has 2 aromatic rings. The van der Waals surface area contributed by atoms with Crippen molar-refractivity contribution in [3.8, 4) is 5.75 Å². The maximum absolute atomic E-state index is 12.8. The van der Waals surface area contributed by atoms with Gasteiger partial charge in [0, 0.05) is 25.7 Å². The molecule has 0 spiro atoms. The van der Waals surface area contributed by atoms with Crippen molar-refractivity contribution >= 4 is 24.2 Å². The summed E-state index contributed by atoms with van der Waals surface area (Å²) in [6.07, 6.45) is 5.02. The van der Waals surface area contributed by atoms with Crippen LogP contribution in [-0.2, 0) is 4.79 Å². The Bertz CT molecular complexity index is 684. The molecule has 0 aliphatic carbocycles. The van der Waals surface area contributed by atoms with E-state index in [1.54, 1.807) is 26.3 Å². The molecule has 0 bridgehead atoms. The first-order chi connectivity index (χ1) is 11.4. The van der Waals surface area contributed by atoms with Crippen molar-refractivity contribution in [3.05, 3.63) is 47.7 Å². The van der Waals surface area contributed by atoms with Crippen molar-refractivity contribution < 1.29 is 18.3 Å². The molecule has 0 atom stereocenters. The van der Waals surface area contributed by atoms with Gasteiger partial charge in [-0.15, -0.1) is 0 Å². The van der Waals surface area contributed by atoms with Crippen LogP contribution in [0.15, 0.2) is 34.9 Å². The Labute approximate surface area is 139 Å². The van der Waals surface area contributed by atoms with Gasteiger partial charge in [-0.2, -0.15) is 0 Å². The Kier molecular flexibility index (Phi) is 7.47. The number of nitrogens with zero attached hydrogens (tertiary/aromatic N) is 2. The van der Waals surface area contributed by atoms with E-state index in [1.807, 2.05) is 18.2 Å². The fourth-order valence-corrected chi connectivity index (χ4v) is 1.77. The number of carbonyl (C=O) groups is 1. The molecule has 130 valence electrons. The molecular weight excluding hydrogens is 315 g/mol. The highest BCUT2D eigenvalue weighted by Gasteiger charge is 2.08. The Balaban J connectivity index is 0.000000505. The lowest BCUT2D eigenvalue weighted by molar-refractivity contribution is -0.117. The predicted molar refractivity (Wildman–Crippen MR) is 91.2 cm³/mol. The number of hydrogen-bond donors (Lipinski definition) is 2. The van der Waals surface area contributed by atoms with Gasteiger partial charge in [0.15, 0.2) is 5.82 Å². The first-order valence-electron chi connectivity index (χ1n) is 6.89. The lowest BCUT2D eigenvalue weighted by atomic mass is 10.1. The predicted octanol–water partition coefficient (Wildman–Crippen LogP) is 1.86. The lowest BCUT2D eigenvalue weighted by Crippen LogP contribution is -2.25. The molecule has 1 aromatic carbocycles. The largest absolute Gasteiger partial charge is 0.496 e. The highest BCUT2D eigenvalue weighted by atomic mass is 19.1. The molecule has 1 heterocycles. The number of hydrazine groups is 2. The summed E-state index contributed by atoms with van der Waals surface area (Å²) in [5.74, 6) is 11.2. The maximum atomic E-state index is 12.8. The standard InChI is InChI=1S/C14H15FN2O2.C2H6N2O/c1-17(16)13-4-3-5-14(18-2)12(13)7-6-11-8-10(15)9-19-11;1-4(3)2-5/h3-9H,16H2,1-2H3;2H,3H2,1H3/b7-6+;. The molecule has 0 aliphatic heterocycles. The molecule has 7 nitrogen and oxygen atoms in total. The zero-order valence-corrected chi connectivity index (χ0v) is 13.8. The first-order valence-corrected chi connectivity index (χ1v) is 6.89. The van der Waals surface area contributed by atoms with E-state index in [4.69, 9.17) is 20.8 Å². The number of furan rings is 1. The van der Waals surface area contributed by atoms with Gasteiger partial charge in [-0.25, -0.2) is 16.1 Å². The lowest BCUT2D eigenvalue weighted by Gasteiger charge is -2.17. The molecule has 4 N–H and O–H groups in total. The zero-order valence-electron chi connectivity index (χ0n) is 13.8. The third-order valence-corrected chi connectivity index (χ3v) is 2.81. The van der Waals surface area contributed by atoms with Crippen LogP contribution in [-0.4, -0.2) is 32.6 Å². The Hall–Kier alpha value is -2.84. The summed E-state index contributed by atoms with van der Waals surface area (Å²) >= 11 is 0. The summed E-state index contributed by atoms with van der Waals surface area (Å²) in [6.45, 7) is 0. The van der Waals surface area contributed by atoms with E-state index >= 15 is 0 Å². The van der Waals surface area contributed by atoms with Gasteiger partial charge < -0.3 is 14.2 Å². The molecule has 0 radical (unpaired) electrons. The van der Waals surface area contributed by atoms with Gasteiger partial charge >= 0.3 is 0 Å². The molecule has 2 rings (SSSR count). The van der Waals surface area contributed by atoms with E-state index in [9.17, 15) is 9.18 Å². The summed E-state index contributed by atoms with van der Waals surface area (Å²) in [5.41, 5.74) is 1.59.